The van der Waals surface area contributed by atoms with Gasteiger partial charge in [0, 0.05) is 16.2 Å². The van der Waals surface area contributed by atoms with Crippen LogP contribution in [0.2, 0.25) is 0 Å². The summed E-state index contributed by atoms with van der Waals surface area (Å²) in [6.07, 6.45) is 0. The summed E-state index contributed by atoms with van der Waals surface area (Å²) in [5.41, 5.74) is 6.77. The van der Waals surface area contributed by atoms with Gasteiger partial charge >= 0.3 is 0 Å². The van der Waals surface area contributed by atoms with Gasteiger partial charge in [-0.2, -0.15) is 0 Å². The van der Waals surface area contributed by atoms with Crippen LogP contribution < -0.4 is 5.73 Å². The first-order valence-electron chi connectivity index (χ1n) is 5.48. The fourth-order valence-electron chi connectivity index (χ4n) is 1.49. The van der Waals surface area contributed by atoms with Gasteiger partial charge in [-0.3, -0.25) is 4.90 Å². The lowest BCUT2D eigenvalue weighted by molar-refractivity contribution is 0.238. The van der Waals surface area contributed by atoms with Crippen LogP contribution in [0.1, 0.15) is 19.4 Å². The third kappa shape index (κ3) is 4.91. The summed E-state index contributed by atoms with van der Waals surface area (Å²) >= 11 is 2.28. The van der Waals surface area contributed by atoms with Gasteiger partial charge in [0.1, 0.15) is 0 Å². The molecule has 1 rings (SSSR count). The average molecular weight is 347 g/mol. The second-order valence-corrected chi connectivity index (χ2v) is 5.46. The summed E-state index contributed by atoms with van der Waals surface area (Å²) in [6.45, 7) is 5.46. The number of hydrogen-bond donors (Lipinski definition) is 2. The second kappa shape index (κ2) is 6.80. The van der Waals surface area contributed by atoms with Crippen LogP contribution in [-0.4, -0.2) is 28.5 Å². The molecule has 1 aromatic rings. The fraction of sp³-hybridized carbons (Fsp3) is 0.417. The lowest BCUT2D eigenvalue weighted by Crippen LogP contribution is -2.38. The van der Waals surface area contributed by atoms with Crippen LogP contribution in [0.3, 0.4) is 0 Å². The number of nitrogens with two attached hydrogens (primary N) is 1. The summed E-state index contributed by atoms with van der Waals surface area (Å²) < 4.78 is 1.22. The molecule has 0 aliphatic heterocycles. The van der Waals surface area contributed by atoms with Crippen molar-refractivity contribution in [1.29, 1.82) is 0 Å². The second-order valence-electron chi connectivity index (χ2n) is 4.22. The first-order chi connectivity index (χ1) is 8.02. The number of amidine groups is 1. The van der Waals surface area contributed by atoms with Crippen LogP contribution in [0.25, 0.3) is 0 Å². The van der Waals surface area contributed by atoms with E-state index >= 15 is 0 Å². The van der Waals surface area contributed by atoms with Gasteiger partial charge in [0.05, 0.1) is 6.54 Å². The minimum absolute atomic E-state index is 0.240. The van der Waals surface area contributed by atoms with Crippen molar-refractivity contribution in [3.05, 3.63) is 33.4 Å². The van der Waals surface area contributed by atoms with E-state index in [1.54, 1.807) is 0 Å². The van der Waals surface area contributed by atoms with E-state index in [1.807, 2.05) is 0 Å². The van der Waals surface area contributed by atoms with Crippen molar-refractivity contribution < 1.29 is 5.21 Å². The van der Waals surface area contributed by atoms with Gasteiger partial charge in [-0.25, -0.2) is 0 Å². The Morgan fingerprint density at radius 2 is 2.00 bits per heavy atom. The van der Waals surface area contributed by atoms with E-state index < -0.39 is 0 Å². The van der Waals surface area contributed by atoms with Crippen LogP contribution in [0.5, 0.6) is 0 Å². The van der Waals surface area contributed by atoms with Crippen LogP contribution in [0.15, 0.2) is 29.4 Å². The zero-order chi connectivity index (χ0) is 12.8. The molecule has 0 heterocycles. The van der Waals surface area contributed by atoms with Crippen molar-refractivity contribution in [2.24, 2.45) is 10.9 Å². The van der Waals surface area contributed by atoms with E-state index in [2.05, 4.69) is 70.8 Å². The van der Waals surface area contributed by atoms with E-state index in [0.717, 1.165) is 6.54 Å². The number of benzene rings is 1. The van der Waals surface area contributed by atoms with Gasteiger partial charge < -0.3 is 10.9 Å². The fourth-order valence-corrected chi connectivity index (χ4v) is 1.84. The topological polar surface area (TPSA) is 61.8 Å². The van der Waals surface area contributed by atoms with Crippen molar-refractivity contribution in [3.8, 4) is 0 Å². The van der Waals surface area contributed by atoms with E-state index in [0.29, 0.717) is 12.6 Å². The minimum atomic E-state index is 0.240. The number of rotatable bonds is 5. The number of nitrogens with zero attached hydrogens (tertiary/aromatic N) is 2. The van der Waals surface area contributed by atoms with E-state index in [9.17, 15) is 0 Å². The van der Waals surface area contributed by atoms with E-state index in [4.69, 9.17) is 10.9 Å². The molecule has 3 N–H and O–H groups in total. The standard InChI is InChI=1S/C12H18IN3O/c1-9(2)16(8-12(14)15-17)7-10-3-5-11(13)6-4-10/h3-6,9,17H,7-8H2,1-2H3,(H2,14,15). The van der Waals surface area contributed by atoms with Crippen molar-refractivity contribution in [2.75, 3.05) is 6.54 Å². The Hall–Kier alpha value is -0.820. The van der Waals surface area contributed by atoms with Crippen molar-refractivity contribution in [1.82, 2.24) is 4.90 Å². The first kappa shape index (κ1) is 14.2. The Bertz CT molecular complexity index is 376. The highest BCUT2D eigenvalue weighted by atomic mass is 127. The zero-order valence-electron chi connectivity index (χ0n) is 10.1. The van der Waals surface area contributed by atoms with Gasteiger partial charge in [-0.15, -0.1) is 0 Å². The Morgan fingerprint density at radius 1 is 1.41 bits per heavy atom. The van der Waals surface area contributed by atoms with E-state index in [-0.39, 0.29) is 5.84 Å². The van der Waals surface area contributed by atoms with Gasteiger partial charge in [0.15, 0.2) is 5.84 Å². The quantitative estimate of drug-likeness (QED) is 0.282. The predicted molar refractivity (Wildman–Crippen MR) is 78.1 cm³/mol. The van der Waals surface area contributed by atoms with Gasteiger partial charge in [0.25, 0.3) is 0 Å². The molecule has 0 radical (unpaired) electrons. The largest absolute Gasteiger partial charge is 0.409 e. The molecular weight excluding hydrogens is 329 g/mol. The lowest BCUT2D eigenvalue weighted by Gasteiger charge is -2.25. The summed E-state index contributed by atoms with van der Waals surface area (Å²) in [6, 6.07) is 8.71. The van der Waals surface area contributed by atoms with Crippen LogP contribution >= 0.6 is 22.6 Å². The molecule has 0 aromatic heterocycles. The lowest BCUT2D eigenvalue weighted by atomic mass is 10.2. The number of oxime groups is 1. The molecule has 5 heteroatoms. The normalized spacial score (nSPS) is 12.4. The molecule has 0 unspecified atom stereocenters. The molecule has 0 amide bonds. The maximum atomic E-state index is 8.60. The maximum absolute atomic E-state index is 8.60. The molecule has 0 saturated carbocycles. The van der Waals surface area contributed by atoms with Crippen LogP contribution in [0.4, 0.5) is 0 Å². The molecule has 0 atom stereocenters. The van der Waals surface area contributed by atoms with Gasteiger partial charge in [0.2, 0.25) is 0 Å². The van der Waals surface area contributed by atoms with Crippen molar-refractivity contribution in [2.45, 2.75) is 26.4 Å². The molecule has 94 valence electrons. The van der Waals surface area contributed by atoms with Crippen LogP contribution in [0, 0.1) is 3.57 Å². The van der Waals surface area contributed by atoms with Crippen molar-refractivity contribution >= 4 is 28.4 Å². The Kier molecular flexibility index (Phi) is 5.70. The Balaban J connectivity index is 2.70. The molecular formula is C12H18IN3O. The molecule has 0 aliphatic rings. The third-order valence-corrected chi connectivity index (χ3v) is 3.24. The Labute approximate surface area is 116 Å². The number of hydrogen-bond acceptors (Lipinski definition) is 3. The molecule has 0 bridgehead atoms. The predicted octanol–water partition coefficient (Wildman–Crippen LogP) is 2.25. The maximum Gasteiger partial charge on any atom is 0.153 e. The summed E-state index contributed by atoms with van der Waals surface area (Å²) in [5.74, 6) is 0.240. The summed E-state index contributed by atoms with van der Waals surface area (Å²) in [5, 5.41) is 11.6. The molecule has 17 heavy (non-hydrogen) atoms. The SMILES string of the molecule is CC(C)N(CC(N)=NO)Cc1ccc(I)cc1. The minimum Gasteiger partial charge on any atom is -0.409 e. The average Bonchev–Trinajstić information content (AvgIpc) is 2.30. The summed E-state index contributed by atoms with van der Waals surface area (Å²) in [7, 11) is 0. The van der Waals surface area contributed by atoms with Crippen molar-refractivity contribution in [3.63, 3.8) is 0 Å². The highest BCUT2D eigenvalue weighted by Crippen LogP contribution is 2.11. The smallest absolute Gasteiger partial charge is 0.153 e. The van der Waals surface area contributed by atoms with Gasteiger partial charge in [-0.1, -0.05) is 17.3 Å². The molecule has 4 nitrogen and oxygen atoms in total. The van der Waals surface area contributed by atoms with Gasteiger partial charge in [-0.05, 0) is 54.1 Å². The monoisotopic (exact) mass is 347 g/mol. The summed E-state index contributed by atoms with van der Waals surface area (Å²) in [4.78, 5) is 2.15. The third-order valence-electron chi connectivity index (χ3n) is 2.52. The molecule has 0 aliphatic carbocycles. The molecule has 0 spiro atoms. The first-order valence-corrected chi connectivity index (χ1v) is 6.55. The highest BCUT2D eigenvalue weighted by molar-refractivity contribution is 14.1. The molecule has 0 saturated heterocycles. The Morgan fingerprint density at radius 3 is 2.47 bits per heavy atom. The number of halogens is 1. The molecule has 0 fully saturated rings. The van der Waals surface area contributed by atoms with Crippen LogP contribution in [-0.2, 0) is 6.54 Å². The molecule has 1 aromatic carbocycles. The highest BCUT2D eigenvalue weighted by Gasteiger charge is 2.11. The van der Waals surface area contributed by atoms with E-state index in [1.165, 1.54) is 9.13 Å². The zero-order valence-corrected chi connectivity index (χ0v) is 12.3.